The fraction of sp³-hybridized carbons (Fsp3) is 0.250. The van der Waals surface area contributed by atoms with E-state index in [1.807, 2.05) is 35.7 Å². The second-order valence-corrected chi connectivity index (χ2v) is 5.04. The number of rotatable bonds is 5. The van der Waals surface area contributed by atoms with E-state index in [0.717, 1.165) is 11.1 Å². The van der Waals surface area contributed by atoms with E-state index in [9.17, 15) is 0 Å². The Labute approximate surface area is 117 Å². The maximum Gasteiger partial charge on any atom is 0.0813 e. The highest BCUT2D eigenvalue weighted by atomic mass is 32.1. The molecule has 1 aromatic carbocycles. The number of hydrogen-bond acceptors (Lipinski definition) is 3. The Morgan fingerprint density at radius 1 is 1.11 bits per heavy atom. The third kappa shape index (κ3) is 4.53. The molecule has 0 amide bonds. The first kappa shape index (κ1) is 13.8. The Morgan fingerprint density at radius 2 is 2.00 bits per heavy atom. The molecule has 3 heteroatoms. The van der Waals surface area contributed by atoms with Crippen molar-refractivity contribution in [2.24, 2.45) is 0 Å². The molecule has 0 spiro atoms. The average Bonchev–Trinajstić information content (AvgIpc) is 2.94. The minimum Gasteiger partial charge on any atom is -0.395 e. The molecule has 0 radical (unpaired) electrons. The van der Waals surface area contributed by atoms with Crippen LogP contribution in [0, 0.1) is 11.8 Å². The molecule has 1 N–H and O–H groups in total. The lowest BCUT2D eigenvalue weighted by Crippen LogP contribution is -1.95. The molecule has 0 bridgehead atoms. The molecule has 0 aliphatic rings. The van der Waals surface area contributed by atoms with E-state index in [2.05, 4.69) is 17.9 Å². The van der Waals surface area contributed by atoms with Crippen LogP contribution in [0.4, 0.5) is 0 Å². The zero-order valence-corrected chi connectivity index (χ0v) is 11.5. The van der Waals surface area contributed by atoms with Gasteiger partial charge in [-0.1, -0.05) is 36.1 Å². The highest BCUT2D eigenvalue weighted by Gasteiger charge is 2.00. The summed E-state index contributed by atoms with van der Waals surface area (Å²) in [6.07, 6.45) is 0.504. The predicted octanol–water partition coefficient (Wildman–Crippen LogP) is 3.20. The summed E-state index contributed by atoms with van der Waals surface area (Å²) in [5.41, 5.74) is 2.06. The fourth-order valence-corrected chi connectivity index (χ4v) is 2.28. The van der Waals surface area contributed by atoms with Crippen molar-refractivity contribution >= 4 is 11.3 Å². The van der Waals surface area contributed by atoms with Crippen molar-refractivity contribution in [3.05, 3.63) is 57.8 Å². The van der Waals surface area contributed by atoms with E-state index in [4.69, 9.17) is 9.84 Å². The van der Waals surface area contributed by atoms with E-state index in [0.29, 0.717) is 19.6 Å². The molecule has 0 aliphatic carbocycles. The van der Waals surface area contributed by atoms with Gasteiger partial charge in [0.2, 0.25) is 0 Å². The Bertz CT molecular complexity index is 550. The largest absolute Gasteiger partial charge is 0.395 e. The second kappa shape index (κ2) is 7.75. The van der Waals surface area contributed by atoms with Gasteiger partial charge in [-0.2, -0.15) is 0 Å². The van der Waals surface area contributed by atoms with Gasteiger partial charge in [0.05, 0.1) is 19.8 Å². The maximum atomic E-state index is 8.73. The van der Waals surface area contributed by atoms with Gasteiger partial charge in [-0.05, 0) is 23.1 Å². The number of thiophene rings is 1. The van der Waals surface area contributed by atoms with Crippen LogP contribution in [0.25, 0.3) is 0 Å². The van der Waals surface area contributed by atoms with Crippen LogP contribution in [0.2, 0.25) is 0 Å². The minimum absolute atomic E-state index is 0.101. The summed E-state index contributed by atoms with van der Waals surface area (Å²) in [5.74, 6) is 6.01. The molecular formula is C16H16O2S. The molecule has 2 aromatic rings. The molecule has 0 aliphatic heterocycles. The zero-order chi connectivity index (χ0) is 13.3. The molecule has 1 aromatic heterocycles. The van der Waals surface area contributed by atoms with Gasteiger partial charge in [0, 0.05) is 16.9 Å². The molecule has 1 heterocycles. The van der Waals surface area contributed by atoms with Crippen LogP contribution in [-0.4, -0.2) is 11.7 Å². The van der Waals surface area contributed by atoms with Crippen molar-refractivity contribution in [2.75, 3.05) is 6.61 Å². The summed E-state index contributed by atoms with van der Waals surface area (Å²) < 4.78 is 5.70. The van der Waals surface area contributed by atoms with Gasteiger partial charge in [0.1, 0.15) is 0 Å². The van der Waals surface area contributed by atoms with Gasteiger partial charge in [-0.25, -0.2) is 0 Å². The molecular weight excluding hydrogens is 256 g/mol. The van der Waals surface area contributed by atoms with Gasteiger partial charge < -0.3 is 9.84 Å². The lowest BCUT2D eigenvalue weighted by Gasteiger charge is -2.05. The van der Waals surface area contributed by atoms with Crippen molar-refractivity contribution in [1.82, 2.24) is 0 Å². The molecule has 0 unspecified atom stereocenters. The Balaban J connectivity index is 1.94. The quantitative estimate of drug-likeness (QED) is 0.847. The van der Waals surface area contributed by atoms with E-state index in [1.165, 1.54) is 4.88 Å². The normalized spacial score (nSPS) is 9.95. The molecule has 2 nitrogen and oxygen atoms in total. The van der Waals surface area contributed by atoms with Crippen LogP contribution in [0.5, 0.6) is 0 Å². The van der Waals surface area contributed by atoms with Crippen molar-refractivity contribution in [3.8, 4) is 11.8 Å². The van der Waals surface area contributed by atoms with E-state index in [1.54, 1.807) is 11.3 Å². The van der Waals surface area contributed by atoms with Crippen molar-refractivity contribution < 1.29 is 9.84 Å². The fourth-order valence-electron chi connectivity index (χ4n) is 1.64. The Kier molecular flexibility index (Phi) is 5.64. The summed E-state index contributed by atoms with van der Waals surface area (Å²) in [7, 11) is 0. The van der Waals surface area contributed by atoms with Crippen LogP contribution in [0.15, 0.2) is 41.8 Å². The van der Waals surface area contributed by atoms with Gasteiger partial charge in [0.25, 0.3) is 0 Å². The summed E-state index contributed by atoms with van der Waals surface area (Å²) in [5, 5.41) is 10.8. The average molecular weight is 272 g/mol. The van der Waals surface area contributed by atoms with E-state index >= 15 is 0 Å². The first-order valence-corrected chi connectivity index (χ1v) is 7.06. The second-order valence-electron chi connectivity index (χ2n) is 4.00. The Hall–Kier alpha value is -1.60. The van der Waals surface area contributed by atoms with Gasteiger partial charge in [-0.15, -0.1) is 11.3 Å². The van der Waals surface area contributed by atoms with E-state index < -0.39 is 0 Å². The molecule has 0 saturated heterocycles. The standard InChI is InChI=1S/C16H16O2S/c17-10-4-3-7-14-6-1-2-8-15(14)12-18-13-16-9-5-11-19-16/h1-2,5-6,8-9,11,17H,4,10,12-13H2. The van der Waals surface area contributed by atoms with Gasteiger partial charge in [-0.3, -0.25) is 0 Å². The third-order valence-electron chi connectivity index (χ3n) is 2.56. The summed E-state index contributed by atoms with van der Waals surface area (Å²) >= 11 is 1.70. The van der Waals surface area contributed by atoms with Crippen molar-refractivity contribution in [1.29, 1.82) is 0 Å². The maximum absolute atomic E-state index is 8.73. The zero-order valence-electron chi connectivity index (χ0n) is 10.6. The SMILES string of the molecule is OCCC#Cc1ccccc1COCc1cccs1. The number of benzene rings is 1. The molecule has 0 saturated carbocycles. The molecule has 0 fully saturated rings. The lowest BCUT2D eigenvalue weighted by molar-refractivity contribution is 0.109. The first-order valence-electron chi connectivity index (χ1n) is 6.18. The van der Waals surface area contributed by atoms with Crippen LogP contribution in [0.1, 0.15) is 22.4 Å². The number of hydrogen-bond donors (Lipinski definition) is 1. The monoisotopic (exact) mass is 272 g/mol. The highest BCUT2D eigenvalue weighted by Crippen LogP contribution is 2.13. The van der Waals surface area contributed by atoms with Gasteiger partial charge >= 0.3 is 0 Å². The first-order chi connectivity index (χ1) is 9.40. The minimum atomic E-state index is 0.101. The van der Waals surface area contributed by atoms with Crippen molar-refractivity contribution in [2.45, 2.75) is 19.6 Å². The number of ether oxygens (including phenoxy) is 1. The topological polar surface area (TPSA) is 29.5 Å². The predicted molar refractivity (Wildman–Crippen MR) is 77.8 cm³/mol. The summed E-state index contributed by atoms with van der Waals surface area (Å²) in [4.78, 5) is 1.23. The van der Waals surface area contributed by atoms with Crippen LogP contribution >= 0.6 is 11.3 Å². The highest BCUT2D eigenvalue weighted by molar-refractivity contribution is 7.09. The van der Waals surface area contributed by atoms with Crippen LogP contribution in [0.3, 0.4) is 0 Å². The molecule has 98 valence electrons. The smallest absolute Gasteiger partial charge is 0.0813 e. The summed E-state index contributed by atoms with van der Waals surface area (Å²) in [6, 6.07) is 12.0. The number of aliphatic hydroxyl groups excluding tert-OH is 1. The van der Waals surface area contributed by atoms with E-state index in [-0.39, 0.29) is 6.61 Å². The molecule has 2 rings (SSSR count). The molecule has 19 heavy (non-hydrogen) atoms. The van der Waals surface area contributed by atoms with Crippen LogP contribution < -0.4 is 0 Å². The van der Waals surface area contributed by atoms with Crippen LogP contribution in [-0.2, 0) is 18.0 Å². The number of aliphatic hydroxyl groups is 1. The van der Waals surface area contributed by atoms with Crippen molar-refractivity contribution in [3.63, 3.8) is 0 Å². The van der Waals surface area contributed by atoms with Gasteiger partial charge in [0.15, 0.2) is 0 Å². The summed E-state index contributed by atoms with van der Waals surface area (Å²) in [6.45, 7) is 1.29. The molecule has 0 atom stereocenters. The Morgan fingerprint density at radius 3 is 2.79 bits per heavy atom. The lowest BCUT2D eigenvalue weighted by atomic mass is 10.1. The third-order valence-corrected chi connectivity index (χ3v) is 3.41.